The lowest BCUT2D eigenvalue weighted by atomic mass is 10.1. The second-order valence-corrected chi connectivity index (χ2v) is 4.45. The third-order valence-electron chi connectivity index (χ3n) is 3.08. The van der Waals surface area contributed by atoms with E-state index in [0.29, 0.717) is 11.5 Å². The summed E-state index contributed by atoms with van der Waals surface area (Å²) in [6, 6.07) is 7.27. The van der Waals surface area contributed by atoms with Crippen LogP contribution >= 0.6 is 0 Å². The first kappa shape index (κ1) is 9.58. The van der Waals surface area contributed by atoms with Crippen LogP contribution in [0, 0.1) is 12.7 Å². The van der Waals surface area contributed by atoms with Crippen LogP contribution in [0.5, 0.6) is 0 Å². The van der Waals surface area contributed by atoms with Crippen molar-refractivity contribution >= 4 is 0 Å². The molecule has 0 unspecified atom stereocenters. The fourth-order valence-corrected chi connectivity index (χ4v) is 1.84. The maximum Gasteiger partial charge on any atom is 0.126 e. The van der Waals surface area contributed by atoms with Crippen molar-refractivity contribution in [2.45, 2.75) is 25.7 Å². The molecule has 0 radical (unpaired) electrons. The molecule has 3 heteroatoms. The first-order valence-electron chi connectivity index (χ1n) is 5.56. The van der Waals surface area contributed by atoms with Gasteiger partial charge in [0.2, 0.25) is 0 Å². The molecule has 3 rings (SSSR count). The van der Waals surface area contributed by atoms with Gasteiger partial charge >= 0.3 is 0 Å². The average Bonchev–Trinajstić information content (AvgIpc) is 3.01. The zero-order chi connectivity index (χ0) is 11.1. The molecule has 1 aromatic heterocycles. The van der Waals surface area contributed by atoms with Gasteiger partial charge < -0.3 is 0 Å². The molecule has 0 aliphatic heterocycles. The first-order valence-corrected chi connectivity index (χ1v) is 5.56. The molecule has 1 aliphatic carbocycles. The number of rotatable bonds is 2. The van der Waals surface area contributed by atoms with Gasteiger partial charge in [0.1, 0.15) is 5.82 Å². The van der Waals surface area contributed by atoms with Gasteiger partial charge in [-0.25, -0.2) is 4.39 Å². The van der Waals surface area contributed by atoms with Gasteiger partial charge in [-0.3, -0.25) is 5.10 Å². The summed E-state index contributed by atoms with van der Waals surface area (Å²) in [5, 5.41) is 7.25. The van der Waals surface area contributed by atoms with Crippen molar-refractivity contribution < 1.29 is 4.39 Å². The summed E-state index contributed by atoms with van der Waals surface area (Å²) in [5.41, 5.74) is 3.52. The summed E-state index contributed by atoms with van der Waals surface area (Å²) in [6.45, 7) is 1.76. The summed E-state index contributed by atoms with van der Waals surface area (Å²) in [6.07, 6.45) is 2.48. The van der Waals surface area contributed by atoms with E-state index in [-0.39, 0.29) is 5.82 Å². The third-order valence-corrected chi connectivity index (χ3v) is 3.08. The number of nitrogens with zero attached hydrogens (tertiary/aromatic N) is 1. The summed E-state index contributed by atoms with van der Waals surface area (Å²) in [7, 11) is 0. The number of H-pyrrole nitrogens is 1. The Bertz CT molecular complexity index is 526. The molecule has 0 spiro atoms. The second-order valence-electron chi connectivity index (χ2n) is 4.45. The Labute approximate surface area is 93.5 Å². The van der Waals surface area contributed by atoms with Crippen molar-refractivity contribution in [1.29, 1.82) is 0 Å². The van der Waals surface area contributed by atoms with E-state index < -0.39 is 0 Å². The fraction of sp³-hybridized carbons (Fsp3) is 0.308. The number of aromatic nitrogens is 2. The van der Waals surface area contributed by atoms with Crippen LogP contribution in [0.3, 0.4) is 0 Å². The lowest BCUT2D eigenvalue weighted by Gasteiger charge is -1.99. The van der Waals surface area contributed by atoms with Crippen LogP contribution < -0.4 is 0 Å². The van der Waals surface area contributed by atoms with Crippen molar-refractivity contribution in [3.8, 4) is 11.3 Å². The second kappa shape index (κ2) is 3.44. The van der Waals surface area contributed by atoms with Crippen LogP contribution in [-0.4, -0.2) is 10.2 Å². The third kappa shape index (κ3) is 1.62. The minimum absolute atomic E-state index is 0.173. The normalized spacial score (nSPS) is 15.4. The predicted molar refractivity (Wildman–Crippen MR) is 60.7 cm³/mol. The highest BCUT2D eigenvalue weighted by Crippen LogP contribution is 2.39. The minimum Gasteiger partial charge on any atom is -0.282 e. The van der Waals surface area contributed by atoms with E-state index in [2.05, 4.69) is 10.2 Å². The molecule has 1 aliphatic rings. The number of hydrogen-bond acceptors (Lipinski definition) is 1. The monoisotopic (exact) mass is 216 g/mol. The zero-order valence-electron chi connectivity index (χ0n) is 9.13. The van der Waals surface area contributed by atoms with Gasteiger partial charge in [-0.2, -0.15) is 5.10 Å². The van der Waals surface area contributed by atoms with Crippen LogP contribution in [0.1, 0.15) is 30.0 Å². The molecule has 1 fully saturated rings. The molecule has 0 bridgehead atoms. The summed E-state index contributed by atoms with van der Waals surface area (Å²) < 4.78 is 13.4. The van der Waals surface area contributed by atoms with Crippen LogP contribution in [0.15, 0.2) is 24.3 Å². The number of hydrogen-bond donors (Lipinski definition) is 1. The van der Waals surface area contributed by atoms with E-state index in [1.54, 1.807) is 19.1 Å². The van der Waals surface area contributed by atoms with Crippen LogP contribution in [0.25, 0.3) is 11.3 Å². The van der Waals surface area contributed by atoms with Gasteiger partial charge in [-0.1, -0.05) is 12.1 Å². The van der Waals surface area contributed by atoms with Crippen LogP contribution in [0.2, 0.25) is 0 Å². The van der Waals surface area contributed by atoms with Gasteiger partial charge in [-0.15, -0.1) is 0 Å². The summed E-state index contributed by atoms with van der Waals surface area (Å²) in [4.78, 5) is 0. The first-order chi connectivity index (χ1) is 7.74. The number of nitrogens with one attached hydrogen (secondary N) is 1. The Morgan fingerprint density at radius 3 is 2.81 bits per heavy atom. The van der Waals surface area contributed by atoms with Crippen molar-refractivity contribution in [2.24, 2.45) is 0 Å². The molecule has 1 heterocycles. The van der Waals surface area contributed by atoms with E-state index in [9.17, 15) is 4.39 Å². The zero-order valence-corrected chi connectivity index (χ0v) is 9.13. The van der Waals surface area contributed by atoms with Crippen molar-refractivity contribution in [3.63, 3.8) is 0 Å². The Morgan fingerprint density at radius 2 is 2.12 bits per heavy atom. The van der Waals surface area contributed by atoms with E-state index in [4.69, 9.17) is 0 Å². The Kier molecular flexibility index (Phi) is 2.06. The lowest BCUT2D eigenvalue weighted by molar-refractivity contribution is 0.619. The molecular weight excluding hydrogens is 203 g/mol. The molecule has 16 heavy (non-hydrogen) atoms. The van der Waals surface area contributed by atoms with Crippen LogP contribution in [0.4, 0.5) is 4.39 Å². The molecule has 0 amide bonds. The maximum atomic E-state index is 13.4. The van der Waals surface area contributed by atoms with E-state index in [1.807, 2.05) is 12.1 Å². The van der Waals surface area contributed by atoms with Crippen molar-refractivity contribution in [1.82, 2.24) is 10.2 Å². The molecule has 1 aromatic carbocycles. The van der Waals surface area contributed by atoms with Gasteiger partial charge in [0.25, 0.3) is 0 Å². The number of aromatic amines is 1. The van der Waals surface area contributed by atoms with Crippen molar-refractivity contribution in [3.05, 3.63) is 41.3 Å². The quantitative estimate of drug-likeness (QED) is 0.818. The lowest BCUT2D eigenvalue weighted by Crippen LogP contribution is -1.84. The number of benzene rings is 1. The standard InChI is InChI=1S/C13H13FN2/c1-8-2-3-10(6-11(8)14)13-7-12(15-16-13)9-4-5-9/h2-3,6-7,9H,4-5H2,1H3,(H,15,16). The molecule has 82 valence electrons. The minimum atomic E-state index is -0.173. The predicted octanol–water partition coefficient (Wildman–Crippen LogP) is 3.40. The number of halogens is 1. The number of aryl methyl sites for hydroxylation is 1. The maximum absolute atomic E-state index is 13.4. The molecule has 1 N–H and O–H groups in total. The highest BCUT2D eigenvalue weighted by Gasteiger charge is 2.25. The Balaban J connectivity index is 1.97. The highest BCUT2D eigenvalue weighted by molar-refractivity contribution is 5.60. The fourth-order valence-electron chi connectivity index (χ4n) is 1.84. The summed E-state index contributed by atoms with van der Waals surface area (Å²) >= 11 is 0. The molecular formula is C13H13FN2. The average molecular weight is 216 g/mol. The highest BCUT2D eigenvalue weighted by atomic mass is 19.1. The van der Waals surface area contributed by atoms with E-state index >= 15 is 0 Å². The largest absolute Gasteiger partial charge is 0.282 e. The topological polar surface area (TPSA) is 28.7 Å². The molecule has 0 atom stereocenters. The summed E-state index contributed by atoms with van der Waals surface area (Å²) in [5.74, 6) is 0.477. The molecule has 2 nitrogen and oxygen atoms in total. The molecule has 0 saturated heterocycles. The van der Waals surface area contributed by atoms with Crippen molar-refractivity contribution in [2.75, 3.05) is 0 Å². The molecule has 2 aromatic rings. The molecule has 1 saturated carbocycles. The Hall–Kier alpha value is -1.64. The van der Waals surface area contributed by atoms with Gasteiger partial charge in [0, 0.05) is 17.2 Å². The van der Waals surface area contributed by atoms with Gasteiger partial charge in [0.05, 0.1) is 5.69 Å². The van der Waals surface area contributed by atoms with E-state index in [1.165, 1.54) is 18.5 Å². The van der Waals surface area contributed by atoms with Crippen LogP contribution in [-0.2, 0) is 0 Å². The van der Waals surface area contributed by atoms with Gasteiger partial charge in [0.15, 0.2) is 0 Å². The Morgan fingerprint density at radius 1 is 1.31 bits per heavy atom. The van der Waals surface area contributed by atoms with Gasteiger partial charge in [-0.05, 0) is 37.5 Å². The SMILES string of the molecule is Cc1ccc(-c2cc(C3CC3)[nH]n2)cc1F. The van der Waals surface area contributed by atoms with E-state index in [0.717, 1.165) is 11.3 Å². The smallest absolute Gasteiger partial charge is 0.126 e.